The highest BCUT2D eigenvalue weighted by Gasteiger charge is 2.19. The van der Waals surface area contributed by atoms with Gasteiger partial charge in [0, 0.05) is 61.6 Å². The molecule has 3 rings (SSSR count). The first kappa shape index (κ1) is 17.0. The highest BCUT2D eigenvalue weighted by molar-refractivity contribution is 7.15. The van der Waals surface area contributed by atoms with E-state index in [2.05, 4.69) is 15.9 Å². The number of nitro benzene ring substituents is 1. The molecule has 0 amide bonds. The Labute approximate surface area is 145 Å². The molecule has 0 saturated carbocycles. The number of benzene rings is 1. The lowest BCUT2D eigenvalue weighted by Gasteiger charge is -2.34. The normalized spacial score (nSPS) is 16.4. The van der Waals surface area contributed by atoms with Gasteiger partial charge in [0.1, 0.15) is 0 Å². The van der Waals surface area contributed by atoms with Crippen molar-refractivity contribution in [2.45, 2.75) is 6.54 Å². The second kappa shape index (κ2) is 7.85. The highest BCUT2D eigenvalue weighted by atomic mass is 32.1. The lowest BCUT2D eigenvalue weighted by atomic mass is 10.1. The van der Waals surface area contributed by atoms with Crippen LogP contribution in [0, 0.1) is 10.1 Å². The van der Waals surface area contributed by atoms with Crippen LogP contribution in [0.25, 0.3) is 10.4 Å². The summed E-state index contributed by atoms with van der Waals surface area (Å²) in [5.41, 5.74) is 6.48. The van der Waals surface area contributed by atoms with Crippen LogP contribution in [-0.4, -0.2) is 54.0 Å². The first-order valence-corrected chi connectivity index (χ1v) is 8.96. The zero-order valence-electron chi connectivity index (χ0n) is 13.6. The number of rotatable bonds is 6. The molecular formula is C17H22N4O2S. The Morgan fingerprint density at radius 2 is 1.79 bits per heavy atom. The molecule has 1 saturated heterocycles. The van der Waals surface area contributed by atoms with E-state index in [1.165, 1.54) is 4.88 Å². The van der Waals surface area contributed by atoms with Gasteiger partial charge in [0.15, 0.2) is 0 Å². The molecule has 6 nitrogen and oxygen atoms in total. The maximum absolute atomic E-state index is 11.2. The molecule has 7 heteroatoms. The van der Waals surface area contributed by atoms with Gasteiger partial charge in [-0.3, -0.25) is 19.9 Å². The van der Waals surface area contributed by atoms with Crippen molar-refractivity contribution in [1.29, 1.82) is 0 Å². The SMILES string of the molecule is NCCN1CCN(Cc2ccc(-c3ccccc3[N+](=O)[O-])s2)CC1. The van der Waals surface area contributed by atoms with Crippen molar-refractivity contribution in [3.63, 3.8) is 0 Å². The Balaban J connectivity index is 1.66. The van der Waals surface area contributed by atoms with Gasteiger partial charge in [-0.05, 0) is 18.2 Å². The summed E-state index contributed by atoms with van der Waals surface area (Å²) in [6.45, 7) is 6.77. The van der Waals surface area contributed by atoms with Crippen LogP contribution in [-0.2, 0) is 6.54 Å². The third kappa shape index (κ3) is 3.99. The molecule has 0 radical (unpaired) electrons. The molecule has 0 aliphatic carbocycles. The molecule has 0 unspecified atom stereocenters. The number of hydrogen-bond donors (Lipinski definition) is 1. The van der Waals surface area contributed by atoms with E-state index in [4.69, 9.17) is 5.73 Å². The molecule has 1 aliphatic rings. The number of para-hydroxylation sites is 1. The molecule has 128 valence electrons. The average molecular weight is 346 g/mol. The summed E-state index contributed by atoms with van der Waals surface area (Å²) in [4.78, 5) is 17.9. The van der Waals surface area contributed by atoms with E-state index in [1.54, 1.807) is 23.5 Å². The van der Waals surface area contributed by atoms with Gasteiger partial charge >= 0.3 is 0 Å². The summed E-state index contributed by atoms with van der Waals surface area (Å²) >= 11 is 1.64. The van der Waals surface area contributed by atoms with E-state index in [0.717, 1.165) is 44.1 Å². The van der Waals surface area contributed by atoms with Crippen LogP contribution < -0.4 is 5.73 Å². The zero-order chi connectivity index (χ0) is 16.9. The third-order valence-corrected chi connectivity index (χ3v) is 5.42. The Bertz CT molecular complexity index is 695. The summed E-state index contributed by atoms with van der Waals surface area (Å²) in [6, 6.07) is 11.0. The van der Waals surface area contributed by atoms with E-state index in [9.17, 15) is 10.1 Å². The number of nitro groups is 1. The van der Waals surface area contributed by atoms with Crippen LogP contribution in [0.5, 0.6) is 0 Å². The van der Waals surface area contributed by atoms with Crippen LogP contribution in [0.1, 0.15) is 4.88 Å². The van der Waals surface area contributed by atoms with Crippen LogP contribution in [0.15, 0.2) is 36.4 Å². The van der Waals surface area contributed by atoms with Gasteiger partial charge in [-0.25, -0.2) is 0 Å². The van der Waals surface area contributed by atoms with Crippen LogP contribution in [0.3, 0.4) is 0 Å². The van der Waals surface area contributed by atoms with Crippen LogP contribution in [0.2, 0.25) is 0 Å². The van der Waals surface area contributed by atoms with Gasteiger partial charge in [0.25, 0.3) is 5.69 Å². The molecule has 24 heavy (non-hydrogen) atoms. The van der Waals surface area contributed by atoms with E-state index in [-0.39, 0.29) is 10.6 Å². The number of nitrogens with zero attached hydrogens (tertiary/aromatic N) is 3. The second-order valence-corrected chi connectivity index (χ2v) is 7.12. The van der Waals surface area contributed by atoms with Crippen molar-refractivity contribution < 1.29 is 4.92 Å². The van der Waals surface area contributed by atoms with E-state index >= 15 is 0 Å². The van der Waals surface area contributed by atoms with Gasteiger partial charge in [0.05, 0.1) is 10.5 Å². The summed E-state index contributed by atoms with van der Waals surface area (Å²) in [7, 11) is 0. The summed E-state index contributed by atoms with van der Waals surface area (Å²) in [5.74, 6) is 0. The maximum Gasteiger partial charge on any atom is 0.278 e. The molecule has 0 bridgehead atoms. The minimum Gasteiger partial charge on any atom is -0.329 e. The molecule has 0 atom stereocenters. The fourth-order valence-electron chi connectivity index (χ4n) is 3.02. The topological polar surface area (TPSA) is 75.6 Å². The minimum atomic E-state index is -0.314. The van der Waals surface area contributed by atoms with E-state index < -0.39 is 0 Å². The number of piperazine rings is 1. The molecule has 1 fully saturated rings. The van der Waals surface area contributed by atoms with Crippen LogP contribution in [0.4, 0.5) is 5.69 Å². The van der Waals surface area contributed by atoms with Gasteiger partial charge in [0.2, 0.25) is 0 Å². The molecule has 1 aromatic carbocycles. The second-order valence-electron chi connectivity index (χ2n) is 5.95. The van der Waals surface area contributed by atoms with Gasteiger partial charge in [-0.15, -0.1) is 11.3 Å². The Morgan fingerprint density at radius 1 is 1.08 bits per heavy atom. The van der Waals surface area contributed by atoms with Gasteiger partial charge in [-0.1, -0.05) is 12.1 Å². The number of thiophene rings is 1. The Morgan fingerprint density at radius 3 is 2.50 bits per heavy atom. The number of nitrogens with two attached hydrogens (primary N) is 1. The molecule has 1 aromatic heterocycles. The molecule has 2 N–H and O–H groups in total. The van der Waals surface area contributed by atoms with Crippen molar-refractivity contribution in [2.75, 3.05) is 39.3 Å². The predicted molar refractivity (Wildman–Crippen MR) is 97.2 cm³/mol. The van der Waals surface area contributed by atoms with E-state index in [1.807, 2.05) is 18.2 Å². The summed E-state index contributed by atoms with van der Waals surface area (Å²) in [6.07, 6.45) is 0. The largest absolute Gasteiger partial charge is 0.329 e. The summed E-state index contributed by atoms with van der Waals surface area (Å²) in [5, 5.41) is 11.2. The standard InChI is InChI=1S/C17H22N4O2S/c18-7-8-19-9-11-20(12-10-19)13-14-5-6-17(24-14)15-3-1-2-4-16(15)21(22)23/h1-6H,7-13,18H2. The fraction of sp³-hybridized carbons (Fsp3) is 0.412. The highest BCUT2D eigenvalue weighted by Crippen LogP contribution is 2.35. The maximum atomic E-state index is 11.2. The predicted octanol–water partition coefficient (Wildman–Crippen LogP) is 2.40. The van der Waals surface area contributed by atoms with Crippen molar-refractivity contribution in [3.05, 3.63) is 51.4 Å². The zero-order valence-corrected chi connectivity index (χ0v) is 14.4. The molecule has 2 aromatic rings. The van der Waals surface area contributed by atoms with Crippen molar-refractivity contribution in [2.24, 2.45) is 5.73 Å². The molecule has 1 aliphatic heterocycles. The Kier molecular flexibility index (Phi) is 5.57. The van der Waals surface area contributed by atoms with Gasteiger partial charge in [-0.2, -0.15) is 0 Å². The lowest BCUT2D eigenvalue weighted by Crippen LogP contribution is -2.47. The molecular weight excluding hydrogens is 324 g/mol. The third-order valence-electron chi connectivity index (χ3n) is 4.32. The van der Waals surface area contributed by atoms with Gasteiger partial charge < -0.3 is 5.73 Å². The Hall–Kier alpha value is -1.80. The van der Waals surface area contributed by atoms with E-state index in [0.29, 0.717) is 12.1 Å². The molecule has 2 heterocycles. The van der Waals surface area contributed by atoms with Crippen molar-refractivity contribution >= 4 is 17.0 Å². The smallest absolute Gasteiger partial charge is 0.278 e. The van der Waals surface area contributed by atoms with Crippen molar-refractivity contribution in [3.8, 4) is 10.4 Å². The first-order chi connectivity index (χ1) is 11.7. The minimum absolute atomic E-state index is 0.168. The number of hydrogen-bond acceptors (Lipinski definition) is 6. The average Bonchev–Trinajstić information content (AvgIpc) is 3.05. The van der Waals surface area contributed by atoms with Crippen LogP contribution >= 0.6 is 11.3 Å². The monoisotopic (exact) mass is 346 g/mol. The van der Waals surface area contributed by atoms with Crippen molar-refractivity contribution in [1.82, 2.24) is 9.80 Å². The molecule has 0 spiro atoms. The summed E-state index contributed by atoms with van der Waals surface area (Å²) < 4.78 is 0. The fourth-order valence-corrected chi connectivity index (χ4v) is 4.11. The first-order valence-electron chi connectivity index (χ1n) is 8.14. The quantitative estimate of drug-likeness (QED) is 0.642. The lowest BCUT2D eigenvalue weighted by molar-refractivity contribution is -0.384.